The van der Waals surface area contributed by atoms with Crippen molar-refractivity contribution >= 4 is 29.3 Å². The van der Waals surface area contributed by atoms with Gasteiger partial charge in [0.1, 0.15) is 0 Å². The number of anilines is 1. The fourth-order valence-corrected chi connectivity index (χ4v) is 2.19. The zero-order chi connectivity index (χ0) is 16.7. The molecule has 0 radical (unpaired) electrons. The van der Waals surface area contributed by atoms with Crippen molar-refractivity contribution in [2.75, 3.05) is 11.9 Å². The molecular weight excluding hydrogens is 316 g/mol. The summed E-state index contributed by atoms with van der Waals surface area (Å²) in [5.41, 5.74) is 1.59. The highest BCUT2D eigenvalue weighted by molar-refractivity contribution is 6.30. The standard InChI is InChI=1S/C17H17ClN2O3/c1-2-23-16(21)14-8-3-4-9-15(14)20-17(22)19-11-12-6-5-7-13(18)10-12/h3-10H,2,11H2,1H3,(H2,19,20,22). The predicted molar refractivity (Wildman–Crippen MR) is 89.7 cm³/mol. The van der Waals surface area contributed by atoms with Crippen molar-refractivity contribution in [1.82, 2.24) is 5.32 Å². The second-order valence-electron chi connectivity index (χ2n) is 4.70. The number of benzene rings is 2. The predicted octanol–water partition coefficient (Wildman–Crippen LogP) is 3.84. The van der Waals surface area contributed by atoms with Gasteiger partial charge in [-0.3, -0.25) is 0 Å². The highest BCUT2D eigenvalue weighted by Gasteiger charge is 2.13. The fraction of sp³-hybridized carbons (Fsp3) is 0.176. The van der Waals surface area contributed by atoms with Crippen LogP contribution in [0, 0.1) is 0 Å². The molecule has 0 saturated carbocycles. The molecule has 0 spiro atoms. The Morgan fingerprint density at radius 2 is 1.91 bits per heavy atom. The van der Waals surface area contributed by atoms with Crippen molar-refractivity contribution in [1.29, 1.82) is 0 Å². The van der Waals surface area contributed by atoms with E-state index in [0.717, 1.165) is 5.56 Å². The summed E-state index contributed by atoms with van der Waals surface area (Å²) in [6.45, 7) is 2.33. The van der Waals surface area contributed by atoms with Crippen LogP contribution in [0.4, 0.5) is 10.5 Å². The molecule has 120 valence electrons. The quantitative estimate of drug-likeness (QED) is 0.817. The minimum Gasteiger partial charge on any atom is -0.462 e. The number of rotatable bonds is 5. The summed E-state index contributed by atoms with van der Waals surface area (Å²) in [6, 6.07) is 13.5. The zero-order valence-electron chi connectivity index (χ0n) is 12.6. The average molecular weight is 333 g/mol. The summed E-state index contributed by atoms with van der Waals surface area (Å²) in [5, 5.41) is 5.97. The first-order valence-electron chi connectivity index (χ1n) is 7.15. The van der Waals surface area contributed by atoms with Gasteiger partial charge in [0, 0.05) is 11.6 Å². The van der Waals surface area contributed by atoms with Gasteiger partial charge in [-0.2, -0.15) is 0 Å². The van der Waals surface area contributed by atoms with Crippen molar-refractivity contribution in [3.05, 3.63) is 64.7 Å². The molecular formula is C17H17ClN2O3. The van der Waals surface area contributed by atoms with Crippen molar-refractivity contribution in [3.63, 3.8) is 0 Å². The number of hydrogen-bond donors (Lipinski definition) is 2. The Labute approximate surface area is 139 Å². The van der Waals surface area contributed by atoms with E-state index in [9.17, 15) is 9.59 Å². The molecule has 0 atom stereocenters. The second kappa shape index (κ2) is 8.19. The molecule has 0 fully saturated rings. The van der Waals surface area contributed by atoms with Gasteiger partial charge in [-0.15, -0.1) is 0 Å². The molecule has 5 nitrogen and oxygen atoms in total. The van der Waals surface area contributed by atoms with E-state index in [-0.39, 0.29) is 6.61 Å². The van der Waals surface area contributed by atoms with Gasteiger partial charge in [-0.1, -0.05) is 35.9 Å². The van der Waals surface area contributed by atoms with Crippen LogP contribution in [0.2, 0.25) is 5.02 Å². The van der Waals surface area contributed by atoms with Gasteiger partial charge in [0.2, 0.25) is 0 Å². The van der Waals surface area contributed by atoms with Gasteiger partial charge >= 0.3 is 12.0 Å². The lowest BCUT2D eigenvalue weighted by molar-refractivity contribution is 0.0527. The SMILES string of the molecule is CCOC(=O)c1ccccc1NC(=O)NCc1cccc(Cl)c1. The van der Waals surface area contributed by atoms with Crippen LogP contribution in [0.1, 0.15) is 22.8 Å². The molecule has 0 aromatic heterocycles. The van der Waals surface area contributed by atoms with Crippen LogP contribution < -0.4 is 10.6 Å². The first-order valence-corrected chi connectivity index (χ1v) is 7.53. The molecule has 0 unspecified atom stereocenters. The minimum atomic E-state index is -0.474. The number of hydrogen-bond acceptors (Lipinski definition) is 3. The summed E-state index contributed by atoms with van der Waals surface area (Å²) in [4.78, 5) is 23.9. The molecule has 6 heteroatoms. The third-order valence-corrected chi connectivity index (χ3v) is 3.25. The van der Waals surface area contributed by atoms with E-state index in [4.69, 9.17) is 16.3 Å². The number of esters is 1. The Balaban J connectivity index is 1.99. The third kappa shape index (κ3) is 5.00. The first-order chi connectivity index (χ1) is 11.1. The molecule has 0 saturated heterocycles. The second-order valence-corrected chi connectivity index (χ2v) is 5.14. The molecule has 0 aliphatic carbocycles. The van der Waals surface area contributed by atoms with Crippen LogP contribution in [0.3, 0.4) is 0 Å². The van der Waals surface area contributed by atoms with E-state index in [0.29, 0.717) is 22.8 Å². The number of amides is 2. The summed E-state index contributed by atoms with van der Waals surface area (Å²) in [7, 11) is 0. The third-order valence-electron chi connectivity index (χ3n) is 3.01. The van der Waals surface area contributed by atoms with Gasteiger partial charge in [-0.25, -0.2) is 9.59 Å². The normalized spacial score (nSPS) is 10.0. The molecule has 2 amide bonds. The topological polar surface area (TPSA) is 67.4 Å². The molecule has 2 N–H and O–H groups in total. The van der Waals surface area contributed by atoms with Crippen molar-refractivity contribution < 1.29 is 14.3 Å². The Kier molecular flexibility index (Phi) is 6.00. The number of nitrogens with one attached hydrogen (secondary N) is 2. The summed E-state index contributed by atoms with van der Waals surface area (Å²) in [5.74, 6) is -0.474. The van der Waals surface area contributed by atoms with Gasteiger partial charge in [0.25, 0.3) is 0 Å². The summed E-state index contributed by atoms with van der Waals surface area (Å²) < 4.78 is 4.97. The maximum atomic E-state index is 12.0. The number of halogens is 1. The largest absolute Gasteiger partial charge is 0.462 e. The monoisotopic (exact) mass is 332 g/mol. The number of carbonyl (C=O) groups is 2. The Morgan fingerprint density at radius 1 is 1.13 bits per heavy atom. The highest BCUT2D eigenvalue weighted by Crippen LogP contribution is 2.16. The van der Waals surface area contributed by atoms with Crippen molar-refractivity contribution in [2.45, 2.75) is 13.5 Å². The van der Waals surface area contributed by atoms with Crippen LogP contribution in [0.25, 0.3) is 0 Å². The van der Waals surface area contributed by atoms with E-state index < -0.39 is 12.0 Å². The van der Waals surface area contributed by atoms with Crippen LogP contribution in [0.15, 0.2) is 48.5 Å². The Hall–Kier alpha value is -2.53. The van der Waals surface area contributed by atoms with E-state index in [1.54, 1.807) is 43.3 Å². The first kappa shape index (κ1) is 16.8. The number of carbonyl (C=O) groups excluding carboxylic acids is 2. The molecule has 0 heterocycles. The maximum Gasteiger partial charge on any atom is 0.340 e. The lowest BCUT2D eigenvalue weighted by Gasteiger charge is -2.11. The lowest BCUT2D eigenvalue weighted by Crippen LogP contribution is -2.29. The minimum absolute atomic E-state index is 0.272. The highest BCUT2D eigenvalue weighted by atomic mass is 35.5. The summed E-state index contributed by atoms with van der Waals surface area (Å²) >= 11 is 5.90. The van der Waals surface area contributed by atoms with Crippen LogP contribution in [0.5, 0.6) is 0 Å². The molecule has 0 bridgehead atoms. The molecule has 2 aromatic carbocycles. The molecule has 0 aliphatic rings. The van der Waals surface area contributed by atoms with E-state index in [2.05, 4.69) is 10.6 Å². The fourth-order valence-electron chi connectivity index (χ4n) is 1.97. The van der Waals surface area contributed by atoms with Gasteiger partial charge < -0.3 is 15.4 Å². The Bertz CT molecular complexity index is 704. The van der Waals surface area contributed by atoms with E-state index in [1.807, 2.05) is 12.1 Å². The van der Waals surface area contributed by atoms with Crippen LogP contribution in [-0.4, -0.2) is 18.6 Å². The van der Waals surface area contributed by atoms with E-state index in [1.165, 1.54) is 0 Å². The number of ether oxygens (including phenoxy) is 1. The summed E-state index contributed by atoms with van der Waals surface area (Å²) in [6.07, 6.45) is 0. The molecule has 0 aliphatic heterocycles. The number of urea groups is 1. The van der Waals surface area contributed by atoms with Gasteiger partial charge in [0.05, 0.1) is 17.9 Å². The maximum absolute atomic E-state index is 12.0. The van der Waals surface area contributed by atoms with Gasteiger partial charge in [0.15, 0.2) is 0 Å². The van der Waals surface area contributed by atoms with Gasteiger partial charge in [-0.05, 0) is 36.8 Å². The number of para-hydroxylation sites is 1. The van der Waals surface area contributed by atoms with Crippen molar-refractivity contribution in [3.8, 4) is 0 Å². The zero-order valence-corrected chi connectivity index (χ0v) is 13.4. The lowest BCUT2D eigenvalue weighted by atomic mass is 10.2. The Morgan fingerprint density at radius 3 is 2.65 bits per heavy atom. The smallest absolute Gasteiger partial charge is 0.340 e. The molecule has 2 rings (SSSR count). The van der Waals surface area contributed by atoms with Crippen LogP contribution in [-0.2, 0) is 11.3 Å². The molecule has 2 aromatic rings. The average Bonchev–Trinajstić information content (AvgIpc) is 2.54. The van der Waals surface area contributed by atoms with Crippen molar-refractivity contribution in [2.24, 2.45) is 0 Å². The molecule has 23 heavy (non-hydrogen) atoms. The van der Waals surface area contributed by atoms with Crippen LogP contribution >= 0.6 is 11.6 Å². The van der Waals surface area contributed by atoms with E-state index >= 15 is 0 Å².